The molecule has 0 aliphatic heterocycles. The Labute approximate surface area is 136 Å². The van der Waals surface area contributed by atoms with E-state index in [1.165, 1.54) is 11.8 Å². The van der Waals surface area contributed by atoms with Crippen molar-refractivity contribution in [3.05, 3.63) is 60.5 Å². The molecule has 1 atom stereocenters. The van der Waals surface area contributed by atoms with Crippen molar-refractivity contribution in [1.82, 2.24) is 15.2 Å². The SMILES string of the molecule is C[C@@H](Sc1nc2ccccc2o1)c1nnc(-c2ccccc2)o1. The molecule has 4 aromatic rings. The zero-order chi connectivity index (χ0) is 15.6. The molecule has 0 aliphatic rings. The van der Waals surface area contributed by atoms with Gasteiger partial charge in [-0.25, -0.2) is 4.98 Å². The van der Waals surface area contributed by atoms with Gasteiger partial charge >= 0.3 is 0 Å². The Morgan fingerprint density at radius 2 is 1.70 bits per heavy atom. The van der Waals surface area contributed by atoms with E-state index in [0.717, 1.165) is 16.7 Å². The van der Waals surface area contributed by atoms with E-state index >= 15 is 0 Å². The Morgan fingerprint density at radius 1 is 0.913 bits per heavy atom. The van der Waals surface area contributed by atoms with Gasteiger partial charge in [-0.15, -0.1) is 10.2 Å². The number of aromatic nitrogens is 3. The average molecular weight is 323 g/mol. The molecule has 2 heterocycles. The first-order chi connectivity index (χ1) is 11.3. The summed E-state index contributed by atoms with van der Waals surface area (Å²) in [6, 6.07) is 17.4. The average Bonchev–Trinajstić information content (AvgIpc) is 3.22. The highest BCUT2D eigenvalue weighted by Gasteiger charge is 2.19. The molecule has 2 aromatic carbocycles. The summed E-state index contributed by atoms with van der Waals surface area (Å²) in [4.78, 5) is 4.45. The first kappa shape index (κ1) is 14.0. The van der Waals surface area contributed by atoms with Gasteiger partial charge in [-0.3, -0.25) is 0 Å². The fourth-order valence-corrected chi connectivity index (χ4v) is 2.99. The fourth-order valence-electron chi connectivity index (χ4n) is 2.20. The van der Waals surface area contributed by atoms with E-state index < -0.39 is 0 Å². The van der Waals surface area contributed by atoms with Crippen molar-refractivity contribution in [2.24, 2.45) is 0 Å². The summed E-state index contributed by atoms with van der Waals surface area (Å²) >= 11 is 1.46. The highest BCUT2D eigenvalue weighted by atomic mass is 32.2. The third kappa shape index (κ3) is 2.85. The lowest BCUT2D eigenvalue weighted by Gasteiger charge is -2.01. The maximum atomic E-state index is 5.77. The van der Waals surface area contributed by atoms with Crippen LogP contribution in [0.3, 0.4) is 0 Å². The second-order valence-electron chi connectivity index (χ2n) is 5.02. The number of hydrogen-bond acceptors (Lipinski definition) is 6. The number of rotatable bonds is 4. The molecule has 2 aromatic heterocycles. The zero-order valence-electron chi connectivity index (χ0n) is 12.3. The second kappa shape index (κ2) is 5.89. The standard InChI is InChI=1S/C17H13N3O2S/c1-11(23-17-18-13-9-5-6-10-14(13)21-17)15-19-20-16(22-15)12-7-3-2-4-8-12/h2-11H,1H3/t11-/m1/s1. The van der Waals surface area contributed by atoms with Crippen LogP contribution < -0.4 is 0 Å². The van der Waals surface area contributed by atoms with Crippen LogP contribution in [0.25, 0.3) is 22.6 Å². The van der Waals surface area contributed by atoms with Crippen LogP contribution in [0.4, 0.5) is 0 Å². The molecule has 6 heteroatoms. The molecular formula is C17H13N3O2S. The number of oxazole rings is 1. The highest BCUT2D eigenvalue weighted by Crippen LogP contribution is 2.35. The lowest BCUT2D eigenvalue weighted by molar-refractivity contribution is 0.481. The zero-order valence-corrected chi connectivity index (χ0v) is 13.2. The monoisotopic (exact) mass is 323 g/mol. The molecule has 0 saturated carbocycles. The van der Waals surface area contributed by atoms with Crippen LogP contribution in [0.2, 0.25) is 0 Å². The molecular weight excluding hydrogens is 310 g/mol. The largest absolute Gasteiger partial charge is 0.431 e. The van der Waals surface area contributed by atoms with Crippen molar-refractivity contribution in [2.45, 2.75) is 17.4 Å². The summed E-state index contributed by atoms with van der Waals surface area (Å²) in [7, 11) is 0. The molecule has 114 valence electrons. The number of hydrogen-bond donors (Lipinski definition) is 0. The van der Waals surface area contributed by atoms with Gasteiger partial charge in [-0.05, 0) is 31.2 Å². The van der Waals surface area contributed by atoms with Crippen LogP contribution in [-0.2, 0) is 0 Å². The lowest BCUT2D eigenvalue weighted by Crippen LogP contribution is -1.88. The summed E-state index contributed by atoms with van der Waals surface area (Å²) in [5, 5.41) is 8.79. The summed E-state index contributed by atoms with van der Waals surface area (Å²) in [5.41, 5.74) is 2.53. The Bertz CT molecular complexity index is 900. The van der Waals surface area contributed by atoms with Crippen LogP contribution in [-0.4, -0.2) is 15.2 Å². The van der Waals surface area contributed by atoms with Crippen molar-refractivity contribution in [2.75, 3.05) is 0 Å². The van der Waals surface area contributed by atoms with Crippen molar-refractivity contribution in [1.29, 1.82) is 0 Å². The van der Waals surface area contributed by atoms with Crippen LogP contribution in [0, 0.1) is 0 Å². The molecule has 0 fully saturated rings. The predicted molar refractivity (Wildman–Crippen MR) is 88.0 cm³/mol. The van der Waals surface area contributed by atoms with E-state index in [1.807, 2.05) is 61.5 Å². The Hall–Kier alpha value is -2.60. The maximum Gasteiger partial charge on any atom is 0.257 e. The van der Waals surface area contributed by atoms with Gasteiger partial charge in [0.05, 0.1) is 5.25 Å². The van der Waals surface area contributed by atoms with Gasteiger partial charge in [0.25, 0.3) is 5.22 Å². The fraction of sp³-hybridized carbons (Fsp3) is 0.118. The van der Waals surface area contributed by atoms with Crippen LogP contribution >= 0.6 is 11.8 Å². The van der Waals surface area contributed by atoms with Crippen LogP contribution in [0.15, 0.2) is 68.7 Å². The maximum absolute atomic E-state index is 5.77. The van der Waals surface area contributed by atoms with Gasteiger partial charge in [0.1, 0.15) is 5.52 Å². The summed E-state index contributed by atoms with van der Waals surface area (Å²) in [6.45, 7) is 1.99. The van der Waals surface area contributed by atoms with Gasteiger partial charge in [-0.2, -0.15) is 0 Å². The smallest absolute Gasteiger partial charge is 0.257 e. The number of thioether (sulfide) groups is 1. The molecule has 0 amide bonds. The van der Waals surface area contributed by atoms with Crippen LogP contribution in [0.5, 0.6) is 0 Å². The van der Waals surface area contributed by atoms with Crippen molar-refractivity contribution in [3.63, 3.8) is 0 Å². The van der Waals surface area contributed by atoms with E-state index in [-0.39, 0.29) is 5.25 Å². The van der Waals surface area contributed by atoms with Gasteiger partial charge in [0.2, 0.25) is 11.8 Å². The second-order valence-corrected chi connectivity index (χ2v) is 6.31. The topological polar surface area (TPSA) is 65.0 Å². The van der Waals surface area contributed by atoms with Crippen molar-refractivity contribution in [3.8, 4) is 11.5 Å². The number of nitrogens with zero attached hydrogens (tertiary/aromatic N) is 3. The quantitative estimate of drug-likeness (QED) is 0.506. The lowest BCUT2D eigenvalue weighted by atomic mass is 10.2. The summed E-state index contributed by atoms with van der Waals surface area (Å²) in [5.74, 6) is 1.07. The molecule has 0 saturated heterocycles. The highest BCUT2D eigenvalue weighted by molar-refractivity contribution is 7.99. The first-order valence-electron chi connectivity index (χ1n) is 7.20. The van der Waals surface area contributed by atoms with E-state index in [9.17, 15) is 0 Å². The summed E-state index contributed by atoms with van der Waals surface area (Å²) < 4.78 is 11.5. The van der Waals surface area contributed by atoms with E-state index in [1.54, 1.807) is 0 Å². The minimum absolute atomic E-state index is 0.0481. The molecule has 0 radical (unpaired) electrons. The predicted octanol–water partition coefficient (Wildman–Crippen LogP) is 4.73. The first-order valence-corrected chi connectivity index (χ1v) is 8.08. The molecule has 0 spiro atoms. The Morgan fingerprint density at radius 3 is 2.52 bits per heavy atom. The summed E-state index contributed by atoms with van der Waals surface area (Å²) in [6.07, 6.45) is 0. The third-order valence-corrected chi connectivity index (χ3v) is 4.29. The van der Waals surface area contributed by atoms with E-state index in [0.29, 0.717) is 17.0 Å². The van der Waals surface area contributed by atoms with Gasteiger partial charge in [0, 0.05) is 5.56 Å². The minimum atomic E-state index is -0.0481. The molecule has 5 nitrogen and oxygen atoms in total. The Kier molecular flexibility index (Phi) is 3.59. The molecule has 23 heavy (non-hydrogen) atoms. The molecule has 0 aliphatic carbocycles. The molecule has 0 N–H and O–H groups in total. The van der Waals surface area contributed by atoms with Gasteiger partial charge < -0.3 is 8.83 Å². The number of benzene rings is 2. The molecule has 4 rings (SSSR count). The van der Waals surface area contributed by atoms with Gasteiger partial charge in [0.15, 0.2) is 5.58 Å². The molecule has 0 bridgehead atoms. The Balaban J connectivity index is 1.55. The van der Waals surface area contributed by atoms with Gasteiger partial charge in [-0.1, -0.05) is 42.1 Å². The molecule has 0 unspecified atom stereocenters. The van der Waals surface area contributed by atoms with Crippen LogP contribution in [0.1, 0.15) is 18.1 Å². The van der Waals surface area contributed by atoms with E-state index in [2.05, 4.69) is 15.2 Å². The number of fused-ring (bicyclic) bond motifs is 1. The van der Waals surface area contributed by atoms with Crippen molar-refractivity contribution >= 4 is 22.9 Å². The van der Waals surface area contributed by atoms with Crippen molar-refractivity contribution < 1.29 is 8.83 Å². The number of para-hydroxylation sites is 2. The minimum Gasteiger partial charge on any atom is -0.431 e. The van der Waals surface area contributed by atoms with E-state index in [4.69, 9.17) is 8.83 Å². The third-order valence-electron chi connectivity index (χ3n) is 3.36. The normalized spacial score (nSPS) is 12.6.